The Morgan fingerprint density at radius 3 is 2.64 bits per heavy atom. The summed E-state index contributed by atoms with van der Waals surface area (Å²) in [5.74, 6) is 0.711. The van der Waals surface area contributed by atoms with E-state index in [2.05, 4.69) is 25.0 Å². The molecule has 1 fully saturated rings. The minimum absolute atomic E-state index is 0.0985. The van der Waals surface area contributed by atoms with Gasteiger partial charge in [0.2, 0.25) is 5.95 Å². The van der Waals surface area contributed by atoms with Gasteiger partial charge in [0.15, 0.2) is 0 Å². The van der Waals surface area contributed by atoms with Gasteiger partial charge >= 0.3 is 0 Å². The van der Waals surface area contributed by atoms with Gasteiger partial charge in [0, 0.05) is 43.0 Å². The molecule has 7 nitrogen and oxygen atoms in total. The summed E-state index contributed by atoms with van der Waals surface area (Å²) in [6.45, 7) is 1.42. The third-order valence-corrected chi connectivity index (χ3v) is 4.41. The lowest BCUT2D eigenvalue weighted by molar-refractivity contribution is 0.487. The molecule has 0 radical (unpaired) electrons. The minimum Gasteiger partial charge on any atom is -0.336 e. The molecule has 4 heterocycles. The van der Waals surface area contributed by atoms with Gasteiger partial charge in [0.05, 0.1) is 18.3 Å². The number of hydrogen-bond donors (Lipinski definition) is 0. The van der Waals surface area contributed by atoms with Crippen LogP contribution in [0, 0.1) is 0 Å². The number of aromatic nitrogens is 5. The van der Waals surface area contributed by atoms with E-state index in [1.807, 2.05) is 12.1 Å². The van der Waals surface area contributed by atoms with E-state index in [0.29, 0.717) is 12.5 Å². The molecule has 0 bridgehead atoms. The van der Waals surface area contributed by atoms with Crippen molar-refractivity contribution in [2.75, 3.05) is 11.4 Å². The van der Waals surface area contributed by atoms with Crippen molar-refractivity contribution < 1.29 is 0 Å². The maximum atomic E-state index is 12.3. The number of hydrogen-bond acceptors (Lipinski definition) is 6. The quantitative estimate of drug-likeness (QED) is 0.724. The fourth-order valence-electron chi connectivity index (χ4n) is 3.18. The molecule has 0 aliphatic carbocycles. The standard InChI is InChI=1S/C18H18N6O/c25-17-5-4-16(14-6-10-19-11-7-14)22-24(17)13-15-3-1-12-23(15)18-20-8-2-9-21-18/h2,4-11,15H,1,3,12-13H2. The van der Waals surface area contributed by atoms with Crippen molar-refractivity contribution in [3.63, 3.8) is 0 Å². The van der Waals surface area contributed by atoms with Crippen molar-refractivity contribution >= 4 is 5.95 Å². The average Bonchev–Trinajstić information content (AvgIpc) is 3.13. The Bertz CT molecular complexity index is 896. The van der Waals surface area contributed by atoms with E-state index >= 15 is 0 Å². The Labute approximate surface area is 145 Å². The van der Waals surface area contributed by atoms with Crippen LogP contribution in [-0.2, 0) is 6.54 Å². The van der Waals surface area contributed by atoms with Crippen LogP contribution in [0.5, 0.6) is 0 Å². The summed E-state index contributed by atoms with van der Waals surface area (Å²) in [4.78, 5) is 27.1. The molecule has 4 rings (SSSR count). The molecule has 0 aromatic carbocycles. The summed E-state index contributed by atoms with van der Waals surface area (Å²) in [5.41, 5.74) is 1.61. The maximum absolute atomic E-state index is 12.3. The van der Waals surface area contributed by atoms with Crippen molar-refractivity contribution in [1.29, 1.82) is 0 Å². The molecule has 25 heavy (non-hydrogen) atoms. The van der Waals surface area contributed by atoms with Crippen molar-refractivity contribution in [2.24, 2.45) is 0 Å². The van der Waals surface area contributed by atoms with Gasteiger partial charge in [-0.1, -0.05) is 0 Å². The van der Waals surface area contributed by atoms with Crippen LogP contribution in [0.3, 0.4) is 0 Å². The van der Waals surface area contributed by atoms with Gasteiger partial charge in [0.25, 0.3) is 5.56 Å². The summed E-state index contributed by atoms with van der Waals surface area (Å²) in [5, 5.41) is 4.54. The van der Waals surface area contributed by atoms with E-state index in [4.69, 9.17) is 0 Å². The second-order valence-corrected chi connectivity index (χ2v) is 6.01. The third-order valence-electron chi connectivity index (χ3n) is 4.41. The Morgan fingerprint density at radius 2 is 1.84 bits per heavy atom. The molecule has 0 amide bonds. The predicted molar refractivity (Wildman–Crippen MR) is 94.1 cm³/mol. The second-order valence-electron chi connectivity index (χ2n) is 6.01. The highest BCUT2D eigenvalue weighted by atomic mass is 16.1. The van der Waals surface area contributed by atoms with Gasteiger partial charge in [0.1, 0.15) is 0 Å². The maximum Gasteiger partial charge on any atom is 0.266 e. The smallest absolute Gasteiger partial charge is 0.266 e. The van der Waals surface area contributed by atoms with Crippen LogP contribution in [-0.4, -0.2) is 37.3 Å². The van der Waals surface area contributed by atoms with Gasteiger partial charge in [-0.25, -0.2) is 14.6 Å². The molecule has 126 valence electrons. The zero-order valence-corrected chi connectivity index (χ0v) is 13.7. The molecular weight excluding hydrogens is 316 g/mol. The Kier molecular flexibility index (Phi) is 4.20. The van der Waals surface area contributed by atoms with Crippen LogP contribution in [0.2, 0.25) is 0 Å². The molecule has 1 saturated heterocycles. The predicted octanol–water partition coefficient (Wildman–Crippen LogP) is 1.76. The Balaban J connectivity index is 1.61. The van der Waals surface area contributed by atoms with Gasteiger partial charge in [-0.2, -0.15) is 5.10 Å². The lowest BCUT2D eigenvalue weighted by atomic mass is 10.2. The van der Waals surface area contributed by atoms with Crippen LogP contribution in [0.25, 0.3) is 11.3 Å². The summed E-state index contributed by atoms with van der Waals surface area (Å²) in [7, 11) is 0. The van der Waals surface area contributed by atoms with Gasteiger partial charge in [-0.3, -0.25) is 9.78 Å². The monoisotopic (exact) mass is 334 g/mol. The van der Waals surface area contributed by atoms with Crippen LogP contribution in [0.1, 0.15) is 12.8 Å². The lowest BCUT2D eigenvalue weighted by Gasteiger charge is -2.24. The normalized spacial score (nSPS) is 17.0. The Morgan fingerprint density at radius 1 is 1.04 bits per heavy atom. The van der Waals surface area contributed by atoms with E-state index < -0.39 is 0 Å². The van der Waals surface area contributed by atoms with Gasteiger partial charge in [-0.05, 0) is 37.1 Å². The van der Waals surface area contributed by atoms with Crippen molar-refractivity contribution in [1.82, 2.24) is 24.7 Å². The SMILES string of the molecule is O=c1ccc(-c2ccncc2)nn1CC1CCCN1c1ncccn1. The summed E-state index contributed by atoms with van der Waals surface area (Å²) in [6.07, 6.45) is 8.97. The topological polar surface area (TPSA) is 76.8 Å². The zero-order chi connectivity index (χ0) is 17.1. The number of nitrogens with zero attached hydrogens (tertiary/aromatic N) is 6. The molecule has 1 atom stereocenters. The second kappa shape index (κ2) is 6.80. The molecular formula is C18H18N6O. The van der Waals surface area contributed by atoms with Crippen LogP contribution in [0.4, 0.5) is 5.95 Å². The number of pyridine rings is 1. The molecule has 7 heteroatoms. The van der Waals surface area contributed by atoms with E-state index in [-0.39, 0.29) is 11.6 Å². The highest BCUT2D eigenvalue weighted by molar-refractivity contribution is 5.57. The van der Waals surface area contributed by atoms with E-state index in [9.17, 15) is 4.79 Å². The highest BCUT2D eigenvalue weighted by Gasteiger charge is 2.27. The largest absolute Gasteiger partial charge is 0.336 e. The summed E-state index contributed by atoms with van der Waals surface area (Å²) in [6, 6.07) is 9.06. The van der Waals surface area contributed by atoms with Gasteiger partial charge in [-0.15, -0.1) is 0 Å². The first-order valence-electron chi connectivity index (χ1n) is 8.33. The van der Waals surface area contributed by atoms with Crippen LogP contribution >= 0.6 is 0 Å². The molecule has 0 saturated carbocycles. The van der Waals surface area contributed by atoms with Crippen LogP contribution < -0.4 is 10.5 Å². The summed E-state index contributed by atoms with van der Waals surface area (Å²) >= 11 is 0. The highest BCUT2D eigenvalue weighted by Crippen LogP contribution is 2.23. The lowest BCUT2D eigenvalue weighted by Crippen LogP contribution is -2.37. The van der Waals surface area contributed by atoms with E-state index in [1.54, 1.807) is 47.7 Å². The van der Waals surface area contributed by atoms with Gasteiger partial charge < -0.3 is 4.90 Å². The molecule has 0 N–H and O–H groups in total. The first kappa shape index (κ1) is 15.4. The summed E-state index contributed by atoms with van der Waals surface area (Å²) < 4.78 is 1.54. The van der Waals surface area contributed by atoms with Crippen LogP contribution in [0.15, 0.2) is 59.9 Å². The fourth-order valence-corrected chi connectivity index (χ4v) is 3.18. The fraction of sp³-hybridized carbons (Fsp3) is 0.278. The third kappa shape index (κ3) is 3.26. The molecule has 0 spiro atoms. The number of rotatable bonds is 4. The molecule has 1 aliphatic rings. The zero-order valence-electron chi connectivity index (χ0n) is 13.7. The van der Waals surface area contributed by atoms with Crippen molar-refractivity contribution in [3.05, 3.63) is 65.5 Å². The van der Waals surface area contributed by atoms with E-state index in [1.165, 1.54) is 0 Å². The van der Waals surface area contributed by atoms with Crippen molar-refractivity contribution in [3.8, 4) is 11.3 Å². The molecule has 1 unspecified atom stereocenters. The minimum atomic E-state index is -0.0985. The number of anilines is 1. The van der Waals surface area contributed by atoms with E-state index in [0.717, 1.165) is 30.6 Å². The Hall–Kier alpha value is -3.09. The first-order valence-corrected chi connectivity index (χ1v) is 8.33. The molecule has 1 aliphatic heterocycles. The molecule has 3 aromatic rings. The first-order chi connectivity index (χ1) is 12.3. The average molecular weight is 334 g/mol. The van der Waals surface area contributed by atoms with Crippen molar-refractivity contribution in [2.45, 2.75) is 25.4 Å². The molecule has 3 aromatic heterocycles.